The highest BCUT2D eigenvalue weighted by atomic mass is 16.1. The summed E-state index contributed by atoms with van der Waals surface area (Å²) in [5, 5.41) is 3.37. The van der Waals surface area contributed by atoms with Crippen LogP contribution in [0, 0.1) is 23.2 Å². The largest absolute Gasteiger partial charge is 0.349 e. The Morgan fingerprint density at radius 1 is 0.852 bits per heavy atom. The summed E-state index contributed by atoms with van der Waals surface area (Å²) in [6.45, 7) is 2.25. The molecule has 4 aliphatic carbocycles. The maximum Gasteiger partial charge on any atom is 0.251 e. The van der Waals surface area contributed by atoms with Gasteiger partial charge in [-0.3, -0.25) is 4.79 Å². The van der Waals surface area contributed by atoms with Gasteiger partial charge in [-0.15, -0.1) is 0 Å². The third-order valence-electron chi connectivity index (χ3n) is 7.61. The Bertz CT molecular complexity index is 788. The first-order valence-corrected chi connectivity index (χ1v) is 10.6. The molecule has 2 nitrogen and oxygen atoms in total. The van der Waals surface area contributed by atoms with Crippen molar-refractivity contribution in [2.24, 2.45) is 23.2 Å². The molecule has 2 aromatic carbocycles. The smallest absolute Gasteiger partial charge is 0.251 e. The highest BCUT2D eigenvalue weighted by molar-refractivity contribution is 5.94. The average molecular weight is 360 g/mol. The second kappa shape index (κ2) is 6.51. The van der Waals surface area contributed by atoms with Crippen molar-refractivity contribution in [2.45, 2.75) is 51.5 Å². The van der Waals surface area contributed by atoms with Gasteiger partial charge in [-0.05, 0) is 91.9 Å². The van der Waals surface area contributed by atoms with Crippen molar-refractivity contribution < 1.29 is 4.79 Å². The normalized spacial score (nSPS) is 32.3. The number of hydrogen-bond acceptors (Lipinski definition) is 1. The van der Waals surface area contributed by atoms with E-state index in [0.29, 0.717) is 5.41 Å². The molecule has 27 heavy (non-hydrogen) atoms. The van der Waals surface area contributed by atoms with Crippen LogP contribution < -0.4 is 5.32 Å². The van der Waals surface area contributed by atoms with E-state index >= 15 is 0 Å². The lowest BCUT2D eigenvalue weighted by molar-refractivity contribution is -0.0688. The van der Waals surface area contributed by atoms with Crippen LogP contribution in [0.5, 0.6) is 0 Å². The van der Waals surface area contributed by atoms with Crippen LogP contribution in [-0.2, 0) is 0 Å². The van der Waals surface area contributed by atoms with Gasteiger partial charge in [0.1, 0.15) is 0 Å². The number of amides is 1. The van der Waals surface area contributed by atoms with Crippen molar-refractivity contribution in [2.75, 3.05) is 0 Å². The van der Waals surface area contributed by atoms with Gasteiger partial charge in [-0.25, -0.2) is 0 Å². The molecule has 4 saturated carbocycles. The van der Waals surface area contributed by atoms with E-state index in [4.69, 9.17) is 0 Å². The van der Waals surface area contributed by atoms with Gasteiger partial charge >= 0.3 is 0 Å². The minimum Gasteiger partial charge on any atom is -0.349 e. The van der Waals surface area contributed by atoms with Crippen LogP contribution in [0.1, 0.15) is 55.8 Å². The van der Waals surface area contributed by atoms with Gasteiger partial charge in [0.25, 0.3) is 5.91 Å². The summed E-state index contributed by atoms with van der Waals surface area (Å²) in [6.07, 6.45) is 8.32. The standard InChI is InChI=1S/C25H29NO/c1-17(25-14-18-11-19(15-25)13-20(12-18)16-25)26-24(27)23-9-7-22(8-10-23)21-5-3-2-4-6-21/h2-10,17-20H,11-16H2,1H3,(H,26,27)/t17-,18?,19?,20?,25?/m1/s1. The van der Waals surface area contributed by atoms with Gasteiger partial charge in [0.2, 0.25) is 0 Å². The molecule has 0 unspecified atom stereocenters. The first-order chi connectivity index (χ1) is 13.1. The van der Waals surface area contributed by atoms with Crippen LogP contribution in [0.4, 0.5) is 0 Å². The SMILES string of the molecule is C[C@@H](NC(=O)c1ccc(-c2ccccc2)cc1)C12CC3CC(CC(C3)C1)C2. The first-order valence-electron chi connectivity index (χ1n) is 10.6. The Morgan fingerprint density at radius 2 is 1.37 bits per heavy atom. The van der Waals surface area contributed by atoms with Crippen LogP contribution in [-0.4, -0.2) is 11.9 Å². The number of carbonyl (C=O) groups is 1. The molecule has 0 saturated heterocycles. The molecular weight excluding hydrogens is 330 g/mol. The van der Waals surface area contributed by atoms with Crippen molar-refractivity contribution in [3.63, 3.8) is 0 Å². The van der Waals surface area contributed by atoms with Crippen molar-refractivity contribution in [1.82, 2.24) is 5.32 Å². The van der Waals surface area contributed by atoms with Gasteiger partial charge in [-0.2, -0.15) is 0 Å². The summed E-state index contributed by atoms with van der Waals surface area (Å²) in [6, 6.07) is 18.6. The summed E-state index contributed by atoms with van der Waals surface area (Å²) in [5.41, 5.74) is 3.47. The Hall–Kier alpha value is -2.09. The van der Waals surface area contributed by atoms with Gasteiger partial charge in [-0.1, -0.05) is 42.5 Å². The van der Waals surface area contributed by atoms with Crippen molar-refractivity contribution in [1.29, 1.82) is 0 Å². The molecule has 4 fully saturated rings. The van der Waals surface area contributed by atoms with Gasteiger partial charge in [0.05, 0.1) is 0 Å². The molecule has 2 aromatic rings. The van der Waals surface area contributed by atoms with Crippen LogP contribution >= 0.6 is 0 Å². The predicted octanol–water partition coefficient (Wildman–Crippen LogP) is 5.69. The molecule has 6 rings (SSSR count). The molecule has 1 atom stereocenters. The lowest BCUT2D eigenvalue weighted by Crippen LogP contribution is -2.55. The van der Waals surface area contributed by atoms with E-state index in [-0.39, 0.29) is 11.9 Å². The van der Waals surface area contributed by atoms with Crippen LogP contribution in [0.2, 0.25) is 0 Å². The zero-order chi connectivity index (χ0) is 18.4. The maximum atomic E-state index is 12.9. The Morgan fingerprint density at radius 3 is 1.93 bits per heavy atom. The zero-order valence-corrected chi connectivity index (χ0v) is 16.2. The Balaban J connectivity index is 1.29. The molecule has 0 aromatic heterocycles. The Kier molecular flexibility index (Phi) is 4.11. The molecule has 2 heteroatoms. The number of rotatable bonds is 4. The second-order valence-electron chi connectivity index (χ2n) is 9.42. The summed E-state index contributed by atoms with van der Waals surface area (Å²) >= 11 is 0. The van der Waals surface area contributed by atoms with Crippen LogP contribution in [0.3, 0.4) is 0 Å². The third kappa shape index (κ3) is 3.09. The van der Waals surface area contributed by atoms with Crippen LogP contribution in [0.25, 0.3) is 11.1 Å². The minimum absolute atomic E-state index is 0.0813. The van der Waals surface area contributed by atoms with Crippen molar-refractivity contribution in [3.8, 4) is 11.1 Å². The number of hydrogen-bond donors (Lipinski definition) is 1. The van der Waals surface area contributed by atoms with E-state index in [1.165, 1.54) is 44.1 Å². The van der Waals surface area contributed by atoms with E-state index < -0.39 is 0 Å². The third-order valence-corrected chi connectivity index (χ3v) is 7.61. The molecule has 0 spiro atoms. The van der Waals surface area contributed by atoms with E-state index in [9.17, 15) is 4.79 Å². The van der Waals surface area contributed by atoms with Gasteiger partial charge < -0.3 is 5.32 Å². The lowest BCUT2D eigenvalue weighted by atomic mass is 9.48. The van der Waals surface area contributed by atoms with E-state index in [0.717, 1.165) is 28.9 Å². The zero-order valence-electron chi connectivity index (χ0n) is 16.2. The monoisotopic (exact) mass is 359 g/mol. The molecule has 140 valence electrons. The summed E-state index contributed by atoms with van der Waals surface area (Å²) in [7, 11) is 0. The fourth-order valence-electron chi connectivity index (χ4n) is 6.59. The van der Waals surface area contributed by atoms with Gasteiger partial charge in [0, 0.05) is 11.6 Å². The number of benzene rings is 2. The number of nitrogens with one attached hydrogen (secondary N) is 1. The molecule has 1 amide bonds. The summed E-state index contributed by atoms with van der Waals surface area (Å²) in [5.74, 6) is 2.83. The van der Waals surface area contributed by atoms with Crippen molar-refractivity contribution in [3.05, 3.63) is 60.2 Å². The quantitative estimate of drug-likeness (QED) is 0.746. The Labute approximate surface area is 162 Å². The topological polar surface area (TPSA) is 29.1 Å². The van der Waals surface area contributed by atoms with E-state index in [1.807, 2.05) is 30.3 Å². The molecule has 4 bridgehead atoms. The fraction of sp³-hybridized carbons (Fsp3) is 0.480. The predicted molar refractivity (Wildman–Crippen MR) is 109 cm³/mol. The lowest BCUT2D eigenvalue weighted by Gasteiger charge is -2.59. The van der Waals surface area contributed by atoms with E-state index in [2.05, 4.69) is 36.5 Å². The second-order valence-corrected chi connectivity index (χ2v) is 9.42. The van der Waals surface area contributed by atoms with Crippen molar-refractivity contribution >= 4 is 5.91 Å². The highest BCUT2D eigenvalue weighted by Gasteiger charge is 2.53. The average Bonchev–Trinajstić information content (AvgIpc) is 2.68. The molecule has 0 heterocycles. The molecule has 0 aliphatic heterocycles. The number of carbonyl (C=O) groups excluding carboxylic acids is 1. The molecule has 0 radical (unpaired) electrons. The fourth-order valence-corrected chi connectivity index (χ4v) is 6.59. The molecule has 4 aliphatic rings. The summed E-state index contributed by atoms with van der Waals surface area (Å²) in [4.78, 5) is 12.9. The summed E-state index contributed by atoms with van der Waals surface area (Å²) < 4.78 is 0. The highest BCUT2D eigenvalue weighted by Crippen LogP contribution is 2.61. The van der Waals surface area contributed by atoms with Crippen LogP contribution in [0.15, 0.2) is 54.6 Å². The van der Waals surface area contributed by atoms with E-state index in [1.54, 1.807) is 0 Å². The molecule has 1 N–H and O–H groups in total. The molecular formula is C25H29NO. The maximum absolute atomic E-state index is 12.9. The van der Waals surface area contributed by atoms with Gasteiger partial charge in [0.15, 0.2) is 0 Å². The minimum atomic E-state index is 0.0813. The first kappa shape index (κ1) is 17.0.